The number of methoxy groups -OCH3 is 1. The van der Waals surface area contributed by atoms with Gasteiger partial charge in [-0.2, -0.15) is 0 Å². The van der Waals surface area contributed by atoms with Gasteiger partial charge in [0.25, 0.3) is 11.8 Å². The molecule has 1 fully saturated rings. The quantitative estimate of drug-likeness (QED) is 0.291. The number of hydrazine groups is 1. The molecule has 4 rings (SSSR count). The van der Waals surface area contributed by atoms with E-state index in [0.717, 1.165) is 11.3 Å². The smallest absolute Gasteiger partial charge is 0.282 e. The third kappa shape index (κ3) is 5.00. The Labute approximate surface area is 202 Å². The van der Waals surface area contributed by atoms with Crippen molar-refractivity contribution >= 4 is 35.2 Å². The molecule has 0 bridgehead atoms. The summed E-state index contributed by atoms with van der Waals surface area (Å²) in [6, 6.07) is 19.8. The van der Waals surface area contributed by atoms with Gasteiger partial charge in [0.1, 0.15) is 24.5 Å². The van der Waals surface area contributed by atoms with Crippen molar-refractivity contribution in [1.82, 2.24) is 5.43 Å². The van der Waals surface area contributed by atoms with Crippen LogP contribution in [-0.2, 0) is 9.59 Å². The van der Waals surface area contributed by atoms with Crippen LogP contribution in [0.1, 0.15) is 11.1 Å². The highest BCUT2D eigenvalue weighted by molar-refractivity contribution is 6.33. The Kier molecular flexibility index (Phi) is 7.04. The van der Waals surface area contributed by atoms with Crippen molar-refractivity contribution in [3.05, 3.63) is 88.5 Å². The molecule has 3 aromatic carbocycles. The summed E-state index contributed by atoms with van der Waals surface area (Å²) in [6.45, 7) is 2.54. The van der Waals surface area contributed by atoms with Crippen LogP contribution in [0.25, 0.3) is 6.08 Å². The standard InChI is InChI=1S/C26H23ClN2O5/c1-17-8-6-7-11-22(17)33-12-13-34-24-21(27)15-18(16-23(24)32-2)14-20-25(30)28-29(26(20)31)19-9-4-3-5-10-19/h3-11,14-16H,12-13H2,1-2H3,(H,28,30)/b20-14+. The van der Waals surface area contributed by atoms with Gasteiger partial charge >= 0.3 is 0 Å². The number of carbonyl (C=O) groups excluding carboxylic acids is 2. The van der Waals surface area contributed by atoms with Crippen LogP contribution in [0.15, 0.2) is 72.3 Å². The maximum atomic E-state index is 12.8. The molecule has 0 radical (unpaired) electrons. The van der Waals surface area contributed by atoms with Gasteiger partial charge in [0.15, 0.2) is 11.5 Å². The number of benzene rings is 3. The number of nitrogens with zero attached hydrogens (tertiary/aromatic N) is 1. The van der Waals surface area contributed by atoms with Gasteiger partial charge in [-0.15, -0.1) is 0 Å². The van der Waals surface area contributed by atoms with Crippen molar-refractivity contribution in [2.24, 2.45) is 0 Å². The van der Waals surface area contributed by atoms with Crippen LogP contribution in [0.2, 0.25) is 5.02 Å². The number of rotatable bonds is 8. The number of anilines is 1. The zero-order valence-corrected chi connectivity index (χ0v) is 19.5. The van der Waals surface area contributed by atoms with Crippen molar-refractivity contribution in [1.29, 1.82) is 0 Å². The van der Waals surface area contributed by atoms with E-state index >= 15 is 0 Å². The van der Waals surface area contributed by atoms with E-state index in [-0.39, 0.29) is 17.2 Å². The maximum Gasteiger partial charge on any atom is 0.282 e. The average molecular weight is 479 g/mol. The molecule has 2 amide bonds. The minimum Gasteiger partial charge on any atom is -0.493 e. The lowest BCUT2D eigenvalue weighted by molar-refractivity contribution is -0.117. The number of para-hydroxylation sites is 2. The normalized spacial score (nSPS) is 14.3. The number of hydrogen-bond acceptors (Lipinski definition) is 5. The van der Waals surface area contributed by atoms with Crippen LogP contribution in [0.5, 0.6) is 17.2 Å². The van der Waals surface area contributed by atoms with Gasteiger partial charge in [-0.1, -0.05) is 48.0 Å². The Morgan fingerprint density at radius 2 is 1.65 bits per heavy atom. The maximum absolute atomic E-state index is 12.8. The molecule has 1 saturated heterocycles. The fraction of sp³-hybridized carbons (Fsp3) is 0.154. The minimum absolute atomic E-state index is 0.0118. The van der Waals surface area contributed by atoms with E-state index in [4.69, 9.17) is 25.8 Å². The topological polar surface area (TPSA) is 77.1 Å². The van der Waals surface area contributed by atoms with Crippen molar-refractivity contribution < 1.29 is 23.8 Å². The molecule has 1 aliphatic rings. The number of halogens is 1. The van der Waals surface area contributed by atoms with E-state index in [1.165, 1.54) is 18.2 Å². The highest BCUT2D eigenvalue weighted by Crippen LogP contribution is 2.37. The minimum atomic E-state index is -0.502. The summed E-state index contributed by atoms with van der Waals surface area (Å²) in [5.74, 6) is 0.557. The molecule has 1 heterocycles. The Balaban J connectivity index is 1.48. The average Bonchev–Trinajstić information content (AvgIpc) is 3.12. The number of nitrogens with one attached hydrogen (secondary N) is 1. The first-order valence-corrected chi connectivity index (χ1v) is 11.0. The SMILES string of the molecule is COc1cc(/C=C2\C(=O)NN(c3ccccc3)C2=O)cc(Cl)c1OCCOc1ccccc1C. The molecule has 0 atom stereocenters. The number of ether oxygens (including phenoxy) is 3. The summed E-state index contributed by atoms with van der Waals surface area (Å²) >= 11 is 6.45. The fourth-order valence-corrected chi connectivity index (χ4v) is 3.73. The molecule has 0 spiro atoms. The summed E-state index contributed by atoms with van der Waals surface area (Å²) in [4.78, 5) is 25.3. The Bertz CT molecular complexity index is 1240. The first-order valence-electron chi connectivity index (χ1n) is 10.6. The second-order valence-corrected chi connectivity index (χ2v) is 7.88. The van der Waals surface area contributed by atoms with Crippen LogP contribution in [0, 0.1) is 6.92 Å². The van der Waals surface area contributed by atoms with E-state index in [9.17, 15) is 9.59 Å². The van der Waals surface area contributed by atoms with Gasteiger partial charge in [0.2, 0.25) is 0 Å². The predicted molar refractivity (Wildman–Crippen MR) is 130 cm³/mol. The van der Waals surface area contributed by atoms with E-state index in [0.29, 0.717) is 29.4 Å². The Morgan fingerprint density at radius 3 is 2.38 bits per heavy atom. The fourth-order valence-electron chi connectivity index (χ4n) is 3.46. The number of carbonyl (C=O) groups is 2. The molecule has 34 heavy (non-hydrogen) atoms. The largest absolute Gasteiger partial charge is 0.493 e. The molecule has 3 aromatic rings. The second-order valence-electron chi connectivity index (χ2n) is 7.47. The lowest BCUT2D eigenvalue weighted by Gasteiger charge is -2.14. The first-order chi connectivity index (χ1) is 16.5. The molecule has 0 aromatic heterocycles. The Hall–Kier alpha value is -3.97. The molecule has 1 N–H and O–H groups in total. The molecule has 0 aliphatic carbocycles. The molecule has 7 nitrogen and oxygen atoms in total. The Morgan fingerprint density at radius 1 is 0.941 bits per heavy atom. The molecular weight excluding hydrogens is 456 g/mol. The van der Waals surface area contributed by atoms with Crippen LogP contribution in [-0.4, -0.2) is 32.1 Å². The molecule has 1 aliphatic heterocycles. The molecule has 8 heteroatoms. The van der Waals surface area contributed by atoms with Crippen molar-refractivity contribution in [3.63, 3.8) is 0 Å². The van der Waals surface area contributed by atoms with Gasteiger partial charge in [-0.25, -0.2) is 5.01 Å². The molecule has 0 unspecified atom stereocenters. The van der Waals surface area contributed by atoms with Crippen LogP contribution >= 0.6 is 11.6 Å². The number of hydrogen-bond donors (Lipinski definition) is 1. The van der Waals surface area contributed by atoms with Gasteiger partial charge < -0.3 is 14.2 Å². The zero-order chi connectivity index (χ0) is 24.1. The van der Waals surface area contributed by atoms with E-state index in [1.54, 1.807) is 36.4 Å². The summed E-state index contributed by atoms with van der Waals surface area (Å²) < 4.78 is 17.0. The van der Waals surface area contributed by atoms with Crippen molar-refractivity contribution in [2.75, 3.05) is 25.3 Å². The summed E-state index contributed by atoms with van der Waals surface area (Å²) in [5.41, 5.74) is 4.69. The van der Waals surface area contributed by atoms with Gasteiger partial charge in [-0.05, 0) is 54.5 Å². The van der Waals surface area contributed by atoms with Crippen LogP contribution < -0.4 is 24.6 Å². The summed E-state index contributed by atoms with van der Waals surface area (Å²) in [5, 5.41) is 1.49. The number of amides is 2. The van der Waals surface area contributed by atoms with Crippen molar-refractivity contribution in [3.8, 4) is 17.2 Å². The predicted octanol–water partition coefficient (Wildman–Crippen LogP) is 4.58. The van der Waals surface area contributed by atoms with Crippen LogP contribution in [0.3, 0.4) is 0 Å². The zero-order valence-electron chi connectivity index (χ0n) is 18.7. The van der Waals surface area contributed by atoms with Crippen molar-refractivity contribution in [2.45, 2.75) is 6.92 Å². The van der Waals surface area contributed by atoms with E-state index in [1.807, 2.05) is 37.3 Å². The summed E-state index contributed by atoms with van der Waals surface area (Å²) in [6.07, 6.45) is 1.47. The molecule has 0 saturated carbocycles. The van der Waals surface area contributed by atoms with Gasteiger partial charge in [0.05, 0.1) is 17.8 Å². The highest BCUT2D eigenvalue weighted by Gasteiger charge is 2.34. The number of aryl methyl sites for hydroxylation is 1. The third-order valence-corrected chi connectivity index (χ3v) is 5.43. The summed E-state index contributed by atoms with van der Waals surface area (Å²) in [7, 11) is 1.49. The second kappa shape index (κ2) is 10.3. The molecular formula is C26H23ClN2O5. The first kappa shape index (κ1) is 23.2. The lowest BCUT2D eigenvalue weighted by atomic mass is 10.1. The van der Waals surface area contributed by atoms with E-state index in [2.05, 4.69) is 5.43 Å². The monoisotopic (exact) mass is 478 g/mol. The van der Waals surface area contributed by atoms with Crippen LogP contribution in [0.4, 0.5) is 5.69 Å². The van der Waals surface area contributed by atoms with Gasteiger partial charge in [0, 0.05) is 0 Å². The molecule has 174 valence electrons. The lowest BCUT2D eigenvalue weighted by Crippen LogP contribution is -2.35. The van der Waals surface area contributed by atoms with Gasteiger partial charge in [-0.3, -0.25) is 15.0 Å². The highest BCUT2D eigenvalue weighted by atomic mass is 35.5. The van der Waals surface area contributed by atoms with E-state index < -0.39 is 11.8 Å². The third-order valence-electron chi connectivity index (χ3n) is 5.15.